The number of nitriles is 2. The van der Waals surface area contributed by atoms with Crippen LogP contribution in [0.2, 0.25) is 0 Å². The zero-order valence-corrected chi connectivity index (χ0v) is 18.0. The third-order valence-corrected chi connectivity index (χ3v) is 6.20. The molecule has 0 unspecified atom stereocenters. The molecule has 0 N–H and O–H groups in total. The van der Waals surface area contributed by atoms with Gasteiger partial charge in [-0.25, -0.2) is 0 Å². The van der Waals surface area contributed by atoms with E-state index in [9.17, 15) is 10.5 Å². The first kappa shape index (κ1) is 19.6. The Morgan fingerprint density at radius 3 is 1.38 bits per heavy atom. The summed E-state index contributed by atoms with van der Waals surface area (Å²) in [4.78, 5) is 8.69. The number of aromatic nitrogens is 2. The SMILES string of the molecule is N#Cc1cncc(-c2c3ccccc3c(-c3cncc(C#N)c3)c3cc4ccccc4cc23)c1. The monoisotopic (exact) mass is 432 g/mol. The predicted molar refractivity (Wildman–Crippen MR) is 135 cm³/mol. The zero-order valence-electron chi connectivity index (χ0n) is 18.0. The van der Waals surface area contributed by atoms with Crippen molar-refractivity contribution < 1.29 is 0 Å². The lowest BCUT2D eigenvalue weighted by molar-refractivity contribution is 1.30. The smallest absolute Gasteiger partial charge is 0.101 e. The summed E-state index contributed by atoms with van der Waals surface area (Å²) in [7, 11) is 0. The Labute approximate surface area is 196 Å². The minimum absolute atomic E-state index is 0.519. The van der Waals surface area contributed by atoms with Crippen LogP contribution in [0.1, 0.15) is 11.1 Å². The molecule has 156 valence electrons. The Morgan fingerprint density at radius 1 is 0.500 bits per heavy atom. The molecular formula is C30H16N4. The molecule has 2 aromatic heterocycles. The summed E-state index contributed by atoms with van der Waals surface area (Å²) in [5, 5.41) is 25.5. The molecule has 0 aliphatic carbocycles. The van der Waals surface area contributed by atoms with Crippen molar-refractivity contribution in [3.63, 3.8) is 0 Å². The minimum atomic E-state index is 0.519. The van der Waals surface area contributed by atoms with Gasteiger partial charge in [-0.1, -0.05) is 48.5 Å². The van der Waals surface area contributed by atoms with Crippen LogP contribution in [0.5, 0.6) is 0 Å². The minimum Gasteiger partial charge on any atom is -0.263 e. The molecule has 0 aliphatic rings. The molecule has 0 bridgehead atoms. The first-order chi connectivity index (χ1) is 16.8. The first-order valence-corrected chi connectivity index (χ1v) is 10.8. The molecule has 0 amide bonds. The van der Waals surface area contributed by atoms with Crippen LogP contribution in [-0.2, 0) is 0 Å². The summed E-state index contributed by atoms with van der Waals surface area (Å²) in [6.45, 7) is 0. The van der Waals surface area contributed by atoms with Gasteiger partial charge in [-0.15, -0.1) is 0 Å². The standard InChI is InChI=1S/C30H16N4/c31-13-19-9-23(17-33-15-19)29-25-7-3-4-8-26(25)30(24-10-20(14-32)16-34-18-24)28-12-22-6-2-1-5-21(22)11-27(28)29/h1-12,15-18H. The third kappa shape index (κ3) is 3.06. The van der Waals surface area contributed by atoms with E-state index in [0.29, 0.717) is 11.1 Å². The molecule has 0 saturated carbocycles. The van der Waals surface area contributed by atoms with Crippen molar-refractivity contribution in [2.75, 3.05) is 0 Å². The van der Waals surface area contributed by atoms with Gasteiger partial charge in [-0.3, -0.25) is 9.97 Å². The van der Waals surface area contributed by atoms with E-state index < -0.39 is 0 Å². The lowest BCUT2D eigenvalue weighted by Gasteiger charge is -2.18. The first-order valence-electron chi connectivity index (χ1n) is 10.8. The van der Waals surface area contributed by atoms with E-state index in [1.807, 2.05) is 48.8 Å². The fourth-order valence-corrected chi connectivity index (χ4v) is 4.76. The molecule has 2 heterocycles. The van der Waals surface area contributed by atoms with Gasteiger partial charge in [0, 0.05) is 35.9 Å². The summed E-state index contributed by atoms with van der Waals surface area (Å²) in [6, 6.07) is 29.1. The maximum absolute atomic E-state index is 9.50. The molecular weight excluding hydrogens is 416 g/mol. The van der Waals surface area contributed by atoms with Gasteiger partial charge in [0.15, 0.2) is 0 Å². The van der Waals surface area contributed by atoms with E-state index in [0.717, 1.165) is 54.6 Å². The number of fused-ring (bicyclic) bond motifs is 3. The van der Waals surface area contributed by atoms with Crippen molar-refractivity contribution in [3.8, 4) is 34.4 Å². The fourth-order valence-electron chi connectivity index (χ4n) is 4.76. The molecule has 0 radical (unpaired) electrons. The van der Waals surface area contributed by atoms with Gasteiger partial charge in [0.1, 0.15) is 12.1 Å². The highest BCUT2D eigenvalue weighted by Gasteiger charge is 2.18. The highest BCUT2D eigenvalue weighted by atomic mass is 14.6. The number of rotatable bonds is 2. The molecule has 0 saturated heterocycles. The van der Waals surface area contributed by atoms with E-state index in [1.54, 1.807) is 12.4 Å². The Balaban J connectivity index is 1.86. The number of hydrogen-bond donors (Lipinski definition) is 0. The normalized spacial score (nSPS) is 10.9. The van der Waals surface area contributed by atoms with E-state index in [2.05, 4.69) is 58.5 Å². The van der Waals surface area contributed by atoms with Crippen LogP contribution in [0.3, 0.4) is 0 Å². The third-order valence-electron chi connectivity index (χ3n) is 6.20. The van der Waals surface area contributed by atoms with Gasteiger partial charge in [0.05, 0.1) is 11.1 Å². The molecule has 0 atom stereocenters. The molecule has 0 aliphatic heterocycles. The lowest BCUT2D eigenvalue weighted by Crippen LogP contribution is -1.93. The van der Waals surface area contributed by atoms with E-state index >= 15 is 0 Å². The molecule has 4 nitrogen and oxygen atoms in total. The second kappa shape index (κ2) is 7.81. The van der Waals surface area contributed by atoms with Crippen LogP contribution < -0.4 is 0 Å². The van der Waals surface area contributed by atoms with Gasteiger partial charge < -0.3 is 0 Å². The topological polar surface area (TPSA) is 73.4 Å². The molecule has 34 heavy (non-hydrogen) atoms. The van der Waals surface area contributed by atoms with Crippen LogP contribution in [0.4, 0.5) is 0 Å². The Kier molecular flexibility index (Phi) is 4.51. The Hall–Kier alpha value is -5.06. The van der Waals surface area contributed by atoms with Crippen molar-refractivity contribution in [1.82, 2.24) is 9.97 Å². The van der Waals surface area contributed by atoms with Gasteiger partial charge >= 0.3 is 0 Å². The van der Waals surface area contributed by atoms with Crippen molar-refractivity contribution >= 4 is 32.3 Å². The van der Waals surface area contributed by atoms with Crippen molar-refractivity contribution in [2.24, 2.45) is 0 Å². The Morgan fingerprint density at radius 2 is 0.941 bits per heavy atom. The van der Waals surface area contributed by atoms with Gasteiger partial charge in [-0.05, 0) is 67.7 Å². The highest BCUT2D eigenvalue weighted by Crippen LogP contribution is 2.44. The van der Waals surface area contributed by atoms with Gasteiger partial charge in [-0.2, -0.15) is 10.5 Å². The van der Waals surface area contributed by atoms with E-state index in [-0.39, 0.29) is 0 Å². The number of hydrogen-bond acceptors (Lipinski definition) is 4. The number of nitrogens with zero attached hydrogens (tertiary/aromatic N) is 4. The van der Waals surface area contributed by atoms with Crippen LogP contribution in [0.15, 0.2) is 97.6 Å². The van der Waals surface area contributed by atoms with Crippen LogP contribution in [-0.4, -0.2) is 9.97 Å². The molecule has 6 aromatic rings. The van der Waals surface area contributed by atoms with Crippen LogP contribution >= 0.6 is 0 Å². The second-order valence-electron chi connectivity index (χ2n) is 8.19. The number of pyridine rings is 2. The maximum Gasteiger partial charge on any atom is 0.101 e. The quantitative estimate of drug-likeness (QED) is 0.276. The molecule has 0 fully saturated rings. The predicted octanol–water partition coefficient (Wildman–Crippen LogP) is 7.01. The second-order valence-corrected chi connectivity index (χ2v) is 8.19. The van der Waals surface area contributed by atoms with Gasteiger partial charge in [0.25, 0.3) is 0 Å². The maximum atomic E-state index is 9.50. The fraction of sp³-hybridized carbons (Fsp3) is 0. The van der Waals surface area contributed by atoms with Crippen LogP contribution in [0, 0.1) is 22.7 Å². The van der Waals surface area contributed by atoms with Crippen molar-refractivity contribution in [1.29, 1.82) is 10.5 Å². The summed E-state index contributed by atoms with van der Waals surface area (Å²) < 4.78 is 0. The van der Waals surface area contributed by atoms with Gasteiger partial charge in [0.2, 0.25) is 0 Å². The summed E-state index contributed by atoms with van der Waals surface area (Å²) in [5.74, 6) is 0. The molecule has 4 aromatic carbocycles. The average Bonchev–Trinajstić information content (AvgIpc) is 2.90. The largest absolute Gasteiger partial charge is 0.263 e. The Bertz CT molecular complexity index is 1700. The summed E-state index contributed by atoms with van der Waals surface area (Å²) in [5.41, 5.74) is 4.90. The van der Waals surface area contributed by atoms with Crippen molar-refractivity contribution in [3.05, 3.63) is 109 Å². The van der Waals surface area contributed by atoms with E-state index in [4.69, 9.17) is 0 Å². The summed E-state index contributed by atoms with van der Waals surface area (Å²) in [6.07, 6.45) is 6.79. The van der Waals surface area contributed by atoms with Crippen molar-refractivity contribution in [2.45, 2.75) is 0 Å². The highest BCUT2D eigenvalue weighted by molar-refractivity contribution is 6.23. The number of benzene rings is 4. The lowest BCUT2D eigenvalue weighted by atomic mass is 9.85. The average molecular weight is 432 g/mol. The van der Waals surface area contributed by atoms with Crippen LogP contribution in [0.25, 0.3) is 54.6 Å². The molecule has 6 rings (SSSR count). The zero-order chi connectivity index (χ0) is 23.1. The molecule has 4 heteroatoms. The summed E-state index contributed by atoms with van der Waals surface area (Å²) >= 11 is 0. The van der Waals surface area contributed by atoms with E-state index in [1.165, 1.54) is 0 Å². The molecule has 0 spiro atoms.